The average molecular weight is 526 g/mol. The van der Waals surface area contributed by atoms with Crippen LogP contribution in [0.2, 0.25) is 0 Å². The van der Waals surface area contributed by atoms with Gasteiger partial charge in [0.05, 0.1) is 13.0 Å². The third-order valence-corrected chi connectivity index (χ3v) is 11.7. The number of allylic oxidation sites excluding steroid dienone is 1. The lowest BCUT2D eigenvalue weighted by molar-refractivity contribution is -0.202. The van der Waals surface area contributed by atoms with Crippen molar-refractivity contribution < 1.29 is 19.0 Å². The first kappa shape index (κ1) is 24.0. The number of amides is 1. The van der Waals surface area contributed by atoms with Gasteiger partial charge in [0.15, 0.2) is 11.5 Å². The zero-order valence-corrected chi connectivity index (χ0v) is 23.1. The van der Waals surface area contributed by atoms with Crippen LogP contribution in [0, 0.1) is 29.1 Å². The van der Waals surface area contributed by atoms with Gasteiger partial charge in [-0.05, 0) is 80.0 Å². The van der Waals surface area contributed by atoms with Crippen molar-refractivity contribution in [2.75, 3.05) is 19.5 Å². The molecule has 0 saturated heterocycles. The van der Waals surface area contributed by atoms with Gasteiger partial charge in [0, 0.05) is 29.2 Å². The summed E-state index contributed by atoms with van der Waals surface area (Å²) in [5, 5.41) is 3.23. The lowest BCUT2D eigenvalue weighted by Gasteiger charge is -2.68. The summed E-state index contributed by atoms with van der Waals surface area (Å²) in [5.41, 5.74) is 2.43. The molecule has 5 nitrogen and oxygen atoms in total. The van der Waals surface area contributed by atoms with Crippen LogP contribution in [-0.4, -0.2) is 31.8 Å². The van der Waals surface area contributed by atoms with Gasteiger partial charge < -0.3 is 19.5 Å². The van der Waals surface area contributed by atoms with Crippen molar-refractivity contribution in [3.05, 3.63) is 65.7 Å². The first-order valence-corrected chi connectivity index (χ1v) is 15.0. The van der Waals surface area contributed by atoms with Gasteiger partial charge >= 0.3 is 0 Å². The monoisotopic (exact) mass is 525 g/mol. The number of fused-ring (bicyclic) bond motifs is 1. The molecule has 6 aliphatic carbocycles. The molecule has 0 radical (unpaired) electrons. The highest BCUT2D eigenvalue weighted by Crippen LogP contribution is 2.75. The highest BCUT2D eigenvalue weighted by molar-refractivity contribution is 5.94. The van der Waals surface area contributed by atoms with Gasteiger partial charge in [-0.2, -0.15) is 0 Å². The second-order valence-corrected chi connectivity index (χ2v) is 13.2. The normalized spacial score (nSPS) is 38.8. The van der Waals surface area contributed by atoms with Crippen LogP contribution in [0.5, 0.6) is 11.5 Å². The molecule has 9 rings (SSSR count). The minimum absolute atomic E-state index is 0.0279. The molecule has 4 bridgehead atoms. The number of hydrogen-bond donors (Lipinski definition) is 1. The van der Waals surface area contributed by atoms with E-state index in [4.69, 9.17) is 14.2 Å². The first-order valence-electron chi connectivity index (χ1n) is 15.0. The molecule has 3 saturated carbocycles. The number of methoxy groups -OCH3 is 2. The van der Waals surface area contributed by atoms with E-state index in [9.17, 15) is 4.79 Å². The quantitative estimate of drug-likeness (QED) is 0.440. The Morgan fingerprint density at radius 2 is 1.79 bits per heavy atom. The molecular formula is C34H39NO4. The number of benzene rings is 2. The Morgan fingerprint density at radius 3 is 2.56 bits per heavy atom. The molecule has 1 unspecified atom stereocenters. The van der Waals surface area contributed by atoms with Gasteiger partial charge in [0.2, 0.25) is 5.91 Å². The molecule has 1 N–H and O–H groups in total. The molecule has 1 amide bonds. The van der Waals surface area contributed by atoms with E-state index >= 15 is 0 Å². The highest BCUT2D eigenvalue weighted by atomic mass is 16.6. The average Bonchev–Trinajstić information content (AvgIpc) is 3.71. The molecule has 2 aromatic rings. The first-order chi connectivity index (χ1) is 19.0. The molecule has 7 aliphatic rings. The summed E-state index contributed by atoms with van der Waals surface area (Å²) >= 11 is 0. The minimum Gasteiger partial charge on any atom is -0.493 e. The van der Waals surface area contributed by atoms with E-state index in [1.807, 2.05) is 30.3 Å². The zero-order valence-electron chi connectivity index (χ0n) is 23.1. The number of anilines is 1. The van der Waals surface area contributed by atoms with Crippen LogP contribution in [0.4, 0.5) is 5.69 Å². The van der Waals surface area contributed by atoms with Gasteiger partial charge in [-0.3, -0.25) is 4.79 Å². The topological polar surface area (TPSA) is 56.8 Å². The Balaban J connectivity index is 1.29. The van der Waals surface area contributed by atoms with Crippen LogP contribution in [0.3, 0.4) is 0 Å². The number of para-hydroxylation sites is 1. The van der Waals surface area contributed by atoms with E-state index in [-0.39, 0.29) is 28.8 Å². The van der Waals surface area contributed by atoms with E-state index in [0.29, 0.717) is 5.92 Å². The van der Waals surface area contributed by atoms with Crippen molar-refractivity contribution in [1.82, 2.24) is 0 Å². The zero-order chi connectivity index (χ0) is 26.4. The minimum atomic E-state index is -0.838. The van der Waals surface area contributed by atoms with Crippen LogP contribution in [0.1, 0.15) is 62.5 Å². The third kappa shape index (κ3) is 3.08. The smallest absolute Gasteiger partial charge is 0.230 e. The van der Waals surface area contributed by atoms with Gasteiger partial charge in [-0.15, -0.1) is 0 Å². The van der Waals surface area contributed by atoms with Gasteiger partial charge in [0.1, 0.15) is 11.7 Å². The predicted molar refractivity (Wildman–Crippen MR) is 150 cm³/mol. The number of rotatable bonds is 6. The van der Waals surface area contributed by atoms with Crippen molar-refractivity contribution in [2.24, 2.45) is 29.1 Å². The number of nitrogens with one attached hydrogen (secondary N) is 1. The Bertz CT molecular complexity index is 1350. The number of carbonyl (C=O) groups is 1. The fraction of sp³-hybridized carbons (Fsp3) is 0.559. The lowest BCUT2D eigenvalue weighted by Crippen LogP contribution is -2.75. The van der Waals surface area contributed by atoms with E-state index in [0.717, 1.165) is 48.3 Å². The maximum absolute atomic E-state index is 14.1. The second kappa shape index (κ2) is 8.36. The van der Waals surface area contributed by atoms with E-state index in [2.05, 4.69) is 29.6 Å². The van der Waals surface area contributed by atoms with Crippen LogP contribution < -0.4 is 14.8 Å². The summed E-state index contributed by atoms with van der Waals surface area (Å²) in [6.45, 7) is 0. The molecule has 0 aromatic heterocycles. The molecule has 39 heavy (non-hydrogen) atoms. The highest BCUT2D eigenvalue weighted by Gasteiger charge is 2.78. The molecule has 1 heterocycles. The van der Waals surface area contributed by atoms with Crippen LogP contribution in [0.15, 0.2) is 54.6 Å². The number of ether oxygens (including phenoxy) is 3. The van der Waals surface area contributed by atoms with Crippen molar-refractivity contribution >= 4 is 11.6 Å². The largest absolute Gasteiger partial charge is 0.493 e. The van der Waals surface area contributed by atoms with Crippen LogP contribution in [-0.2, 0) is 21.4 Å². The molecular weight excluding hydrogens is 486 g/mol. The van der Waals surface area contributed by atoms with Crippen LogP contribution >= 0.6 is 0 Å². The number of carbonyl (C=O) groups excluding carboxylic acids is 1. The van der Waals surface area contributed by atoms with Crippen molar-refractivity contribution in [2.45, 2.75) is 74.9 Å². The Hall–Kier alpha value is -2.79. The Morgan fingerprint density at radius 1 is 1.00 bits per heavy atom. The standard InChI is InChI=1S/C34H39NO4/c1-37-27-13-11-23-19-24-12-10-22(18-21-8-9-21)14-15-33-28(23)29(27)39-31(33)34(38-2)17-16-32(24,33)20-26(34)30(36)35-25-6-4-3-5-7-25/h3-7,11,13,16-17,21-22,24,26,31H,8-10,12,14-15,18-20H2,1-2H3,(H,35,36)/t22?,24-,26-,31-,32-,33+,34-/m1/s1. The van der Waals surface area contributed by atoms with Gasteiger partial charge in [-0.25, -0.2) is 0 Å². The fourth-order valence-electron chi connectivity index (χ4n) is 9.81. The second-order valence-electron chi connectivity index (χ2n) is 13.2. The van der Waals surface area contributed by atoms with E-state index in [1.165, 1.54) is 49.7 Å². The Labute approximate surface area is 231 Å². The lowest BCUT2D eigenvalue weighted by atomic mass is 9.36. The van der Waals surface area contributed by atoms with Crippen molar-refractivity contribution in [1.29, 1.82) is 0 Å². The van der Waals surface area contributed by atoms with E-state index < -0.39 is 5.60 Å². The molecule has 204 valence electrons. The summed E-state index contributed by atoms with van der Waals surface area (Å²) < 4.78 is 19.5. The Kier molecular flexibility index (Phi) is 5.15. The van der Waals surface area contributed by atoms with Crippen molar-refractivity contribution in [3.63, 3.8) is 0 Å². The van der Waals surface area contributed by atoms with Gasteiger partial charge in [-0.1, -0.05) is 55.7 Å². The maximum atomic E-state index is 14.1. The molecule has 2 aromatic carbocycles. The predicted octanol–water partition coefficient (Wildman–Crippen LogP) is 6.46. The number of hydrogen-bond acceptors (Lipinski definition) is 4. The summed E-state index contributed by atoms with van der Waals surface area (Å²) in [6.07, 6.45) is 15.3. The molecule has 2 spiro atoms. The fourth-order valence-corrected chi connectivity index (χ4v) is 9.81. The van der Waals surface area contributed by atoms with Crippen LogP contribution in [0.25, 0.3) is 0 Å². The molecule has 3 fully saturated rings. The molecule has 1 aliphatic heterocycles. The molecule has 5 heteroatoms. The third-order valence-electron chi connectivity index (χ3n) is 11.7. The maximum Gasteiger partial charge on any atom is 0.230 e. The van der Waals surface area contributed by atoms with E-state index in [1.54, 1.807) is 14.2 Å². The molecule has 7 atom stereocenters. The summed E-state index contributed by atoms with van der Waals surface area (Å²) in [6, 6.07) is 14.2. The summed E-state index contributed by atoms with van der Waals surface area (Å²) in [7, 11) is 3.51. The summed E-state index contributed by atoms with van der Waals surface area (Å²) in [5.74, 6) is 3.60. The van der Waals surface area contributed by atoms with Crippen molar-refractivity contribution in [3.8, 4) is 11.5 Å². The SMILES string of the molecule is COc1ccc2c3c1O[C@H]1[C@@]4(OC)C=C[C@@]5(C[C@@H]4C(=O)Nc4ccccc4)[C@H](CCC(CC4CC4)CC[C@]315)C2. The van der Waals surface area contributed by atoms with Gasteiger partial charge in [0.25, 0.3) is 0 Å². The summed E-state index contributed by atoms with van der Waals surface area (Å²) in [4.78, 5) is 14.1.